The second-order valence-corrected chi connectivity index (χ2v) is 4.57. The fourth-order valence-electron chi connectivity index (χ4n) is 1.35. The van der Waals surface area contributed by atoms with E-state index in [1.807, 2.05) is 24.3 Å². The molecule has 4 nitrogen and oxygen atoms in total. The van der Waals surface area contributed by atoms with Crippen LogP contribution in [0.1, 0.15) is 5.56 Å². The van der Waals surface area contributed by atoms with E-state index < -0.39 is 0 Å². The van der Waals surface area contributed by atoms with Gasteiger partial charge in [0, 0.05) is 0 Å². The van der Waals surface area contributed by atoms with Gasteiger partial charge in [0.2, 0.25) is 5.88 Å². The normalized spacial score (nSPS) is 10.2. The largest absolute Gasteiger partial charge is 0.497 e. The van der Waals surface area contributed by atoms with Crippen molar-refractivity contribution in [2.75, 3.05) is 7.11 Å². The van der Waals surface area contributed by atoms with Crippen LogP contribution >= 0.6 is 27.5 Å². The SMILES string of the molecule is COc1cccc(COc2ncnc(Cl)c2Br)c1. The molecule has 2 aromatic rings. The predicted molar refractivity (Wildman–Crippen MR) is 72.1 cm³/mol. The molecule has 0 saturated carbocycles. The highest BCUT2D eigenvalue weighted by molar-refractivity contribution is 9.10. The molecule has 0 fully saturated rings. The molecule has 94 valence electrons. The van der Waals surface area contributed by atoms with E-state index in [1.165, 1.54) is 6.33 Å². The first kappa shape index (κ1) is 13.1. The van der Waals surface area contributed by atoms with Gasteiger partial charge >= 0.3 is 0 Å². The fourth-order valence-corrected chi connectivity index (χ4v) is 1.79. The summed E-state index contributed by atoms with van der Waals surface area (Å²) in [7, 11) is 1.63. The number of hydrogen-bond donors (Lipinski definition) is 0. The van der Waals surface area contributed by atoms with Crippen LogP contribution in [-0.4, -0.2) is 17.1 Å². The lowest BCUT2D eigenvalue weighted by atomic mass is 10.2. The quantitative estimate of drug-likeness (QED) is 0.806. The van der Waals surface area contributed by atoms with Crippen molar-refractivity contribution in [2.24, 2.45) is 0 Å². The summed E-state index contributed by atoms with van der Waals surface area (Å²) in [5, 5.41) is 0.325. The number of ether oxygens (including phenoxy) is 2. The third-order valence-corrected chi connectivity index (χ3v) is 3.45. The number of rotatable bonds is 4. The van der Waals surface area contributed by atoms with Gasteiger partial charge in [0.1, 0.15) is 23.2 Å². The van der Waals surface area contributed by atoms with Crippen molar-refractivity contribution < 1.29 is 9.47 Å². The molecule has 0 N–H and O–H groups in total. The van der Waals surface area contributed by atoms with Crippen molar-refractivity contribution in [3.8, 4) is 11.6 Å². The number of aromatic nitrogens is 2. The van der Waals surface area contributed by atoms with E-state index in [0.29, 0.717) is 22.1 Å². The molecule has 0 aliphatic rings. The maximum atomic E-state index is 5.85. The van der Waals surface area contributed by atoms with Gasteiger partial charge in [0.25, 0.3) is 0 Å². The van der Waals surface area contributed by atoms with Gasteiger partial charge in [-0.05, 0) is 33.6 Å². The maximum absolute atomic E-state index is 5.85. The number of methoxy groups -OCH3 is 1. The molecular weight excluding hydrogens is 320 g/mol. The molecule has 0 spiro atoms. The van der Waals surface area contributed by atoms with E-state index in [-0.39, 0.29) is 0 Å². The van der Waals surface area contributed by atoms with Crippen LogP contribution in [0.25, 0.3) is 0 Å². The Hall–Kier alpha value is -1.33. The maximum Gasteiger partial charge on any atom is 0.233 e. The Bertz CT molecular complexity index is 551. The van der Waals surface area contributed by atoms with Gasteiger partial charge < -0.3 is 9.47 Å². The van der Waals surface area contributed by atoms with Gasteiger partial charge in [-0.2, -0.15) is 0 Å². The summed E-state index contributed by atoms with van der Waals surface area (Å²) in [6.07, 6.45) is 1.36. The minimum Gasteiger partial charge on any atom is -0.497 e. The van der Waals surface area contributed by atoms with E-state index >= 15 is 0 Å². The van der Waals surface area contributed by atoms with E-state index in [9.17, 15) is 0 Å². The smallest absolute Gasteiger partial charge is 0.233 e. The number of benzene rings is 1. The molecule has 6 heteroatoms. The van der Waals surface area contributed by atoms with E-state index in [4.69, 9.17) is 21.1 Å². The van der Waals surface area contributed by atoms with Crippen LogP contribution in [0.5, 0.6) is 11.6 Å². The van der Waals surface area contributed by atoms with Gasteiger partial charge in [0.05, 0.1) is 7.11 Å². The second-order valence-electron chi connectivity index (χ2n) is 3.42. The highest BCUT2D eigenvalue weighted by Crippen LogP contribution is 2.28. The van der Waals surface area contributed by atoms with Gasteiger partial charge in [-0.25, -0.2) is 9.97 Å². The minimum atomic E-state index is 0.325. The average molecular weight is 330 g/mol. The molecule has 0 bridgehead atoms. The zero-order valence-electron chi connectivity index (χ0n) is 9.56. The summed E-state index contributed by atoms with van der Waals surface area (Å²) in [5.74, 6) is 1.20. The third kappa shape index (κ3) is 3.11. The van der Waals surface area contributed by atoms with Crippen molar-refractivity contribution in [3.05, 3.63) is 45.8 Å². The lowest BCUT2D eigenvalue weighted by Gasteiger charge is -2.08. The Kier molecular flexibility index (Phi) is 4.38. The molecule has 0 radical (unpaired) electrons. The molecule has 2 rings (SSSR count). The van der Waals surface area contributed by atoms with Crippen molar-refractivity contribution in [1.82, 2.24) is 9.97 Å². The van der Waals surface area contributed by atoms with Gasteiger partial charge in [-0.3, -0.25) is 0 Å². The molecule has 0 saturated heterocycles. The van der Waals surface area contributed by atoms with Crippen molar-refractivity contribution in [1.29, 1.82) is 0 Å². The monoisotopic (exact) mass is 328 g/mol. The predicted octanol–water partition coefficient (Wildman–Crippen LogP) is 3.48. The van der Waals surface area contributed by atoms with E-state index in [2.05, 4.69) is 25.9 Å². The fraction of sp³-hybridized carbons (Fsp3) is 0.167. The van der Waals surface area contributed by atoms with Crippen molar-refractivity contribution >= 4 is 27.5 Å². The van der Waals surface area contributed by atoms with Crippen molar-refractivity contribution in [2.45, 2.75) is 6.61 Å². The van der Waals surface area contributed by atoms with Crippen LogP contribution in [0.2, 0.25) is 5.15 Å². The van der Waals surface area contributed by atoms with Gasteiger partial charge in [-0.1, -0.05) is 23.7 Å². The van der Waals surface area contributed by atoms with Crippen molar-refractivity contribution in [3.63, 3.8) is 0 Å². The number of hydrogen-bond acceptors (Lipinski definition) is 4. The molecule has 18 heavy (non-hydrogen) atoms. The topological polar surface area (TPSA) is 44.2 Å². The Morgan fingerprint density at radius 1 is 1.33 bits per heavy atom. The first-order chi connectivity index (χ1) is 8.70. The Morgan fingerprint density at radius 3 is 2.94 bits per heavy atom. The van der Waals surface area contributed by atoms with E-state index in [0.717, 1.165) is 11.3 Å². The second kappa shape index (κ2) is 6.02. The molecule has 0 atom stereocenters. The van der Waals surface area contributed by atoms with Crippen LogP contribution in [0.4, 0.5) is 0 Å². The molecule has 0 amide bonds. The van der Waals surface area contributed by atoms with Gasteiger partial charge in [0.15, 0.2) is 5.15 Å². The first-order valence-electron chi connectivity index (χ1n) is 5.12. The van der Waals surface area contributed by atoms with Crippen LogP contribution < -0.4 is 9.47 Å². The highest BCUT2D eigenvalue weighted by Gasteiger charge is 2.08. The summed E-state index contributed by atoms with van der Waals surface area (Å²) in [5.41, 5.74) is 0.982. The summed E-state index contributed by atoms with van der Waals surface area (Å²) in [6.45, 7) is 0.378. The standard InChI is InChI=1S/C12H10BrClN2O2/c1-17-9-4-2-3-8(5-9)6-18-12-10(13)11(14)15-7-16-12/h2-5,7H,6H2,1H3. The summed E-state index contributed by atoms with van der Waals surface area (Å²) < 4.78 is 11.3. The first-order valence-corrected chi connectivity index (χ1v) is 6.29. The zero-order valence-corrected chi connectivity index (χ0v) is 11.9. The Labute approximate surface area is 118 Å². The molecule has 1 aromatic carbocycles. The summed E-state index contributed by atoms with van der Waals surface area (Å²) in [4.78, 5) is 7.83. The average Bonchev–Trinajstić information content (AvgIpc) is 2.41. The molecule has 0 aliphatic heterocycles. The highest BCUT2D eigenvalue weighted by atomic mass is 79.9. The van der Waals surface area contributed by atoms with Crippen LogP contribution in [0, 0.1) is 0 Å². The molecule has 0 aliphatic carbocycles. The molecule has 1 aromatic heterocycles. The third-order valence-electron chi connectivity index (χ3n) is 2.22. The summed E-state index contributed by atoms with van der Waals surface area (Å²) >= 11 is 9.12. The van der Waals surface area contributed by atoms with Crippen LogP contribution in [-0.2, 0) is 6.61 Å². The lowest BCUT2D eigenvalue weighted by Crippen LogP contribution is -1.99. The summed E-state index contributed by atoms with van der Waals surface area (Å²) in [6, 6.07) is 7.62. The molecule has 1 heterocycles. The van der Waals surface area contributed by atoms with Gasteiger partial charge in [-0.15, -0.1) is 0 Å². The van der Waals surface area contributed by atoms with E-state index in [1.54, 1.807) is 7.11 Å². The minimum absolute atomic E-state index is 0.325. The zero-order chi connectivity index (χ0) is 13.0. The number of halogens is 2. The van der Waals surface area contributed by atoms with Crippen LogP contribution in [0.3, 0.4) is 0 Å². The lowest BCUT2D eigenvalue weighted by molar-refractivity contribution is 0.290. The van der Waals surface area contributed by atoms with Crippen LogP contribution in [0.15, 0.2) is 35.1 Å². The Balaban J connectivity index is 2.09. The molecule has 0 unspecified atom stereocenters. The molecular formula is C12H10BrClN2O2. The number of nitrogens with zero attached hydrogens (tertiary/aromatic N) is 2. The Morgan fingerprint density at radius 2 is 2.17 bits per heavy atom.